The van der Waals surface area contributed by atoms with Gasteiger partial charge >= 0.3 is 0 Å². The second-order valence-corrected chi connectivity index (χ2v) is 5.42. The SMILES string of the molecule is C#CCOc1cccc(-c2ncnc3cc(NC(=O)CCl)ccc23)c1. The Balaban J connectivity index is 2.00. The summed E-state index contributed by atoms with van der Waals surface area (Å²) in [6.45, 7) is 0.206. The fraction of sp³-hybridized carbons (Fsp3) is 0.105. The second kappa shape index (κ2) is 7.65. The van der Waals surface area contributed by atoms with E-state index in [1.54, 1.807) is 12.1 Å². The zero-order valence-electron chi connectivity index (χ0n) is 13.2. The maximum atomic E-state index is 11.4. The molecule has 0 bridgehead atoms. The van der Waals surface area contributed by atoms with Gasteiger partial charge < -0.3 is 10.1 Å². The van der Waals surface area contributed by atoms with Crippen LogP contribution in [0.2, 0.25) is 0 Å². The number of benzene rings is 2. The van der Waals surface area contributed by atoms with E-state index in [0.717, 1.165) is 16.6 Å². The highest BCUT2D eigenvalue weighted by Crippen LogP contribution is 2.29. The quantitative estimate of drug-likeness (QED) is 0.564. The minimum Gasteiger partial charge on any atom is -0.481 e. The van der Waals surface area contributed by atoms with Gasteiger partial charge in [-0.05, 0) is 30.3 Å². The lowest BCUT2D eigenvalue weighted by atomic mass is 10.1. The van der Waals surface area contributed by atoms with Crippen LogP contribution in [0.25, 0.3) is 22.2 Å². The molecule has 0 fully saturated rings. The number of carbonyl (C=O) groups excluding carboxylic acids is 1. The standard InChI is InChI=1S/C19H14ClN3O2/c1-2-8-25-15-5-3-4-13(9-15)19-16-7-6-14(23-18(24)11-20)10-17(16)21-12-22-19/h1,3-7,9-10,12H,8,11H2,(H,23,24). The third kappa shape index (κ3) is 3.87. The number of nitrogens with one attached hydrogen (secondary N) is 1. The van der Waals surface area contributed by atoms with Gasteiger partial charge in [0.15, 0.2) is 0 Å². The minimum atomic E-state index is -0.270. The first kappa shape index (κ1) is 16.7. The topological polar surface area (TPSA) is 64.1 Å². The smallest absolute Gasteiger partial charge is 0.239 e. The second-order valence-electron chi connectivity index (χ2n) is 5.16. The van der Waals surface area contributed by atoms with Crippen molar-refractivity contribution in [3.05, 3.63) is 48.8 Å². The Morgan fingerprint density at radius 1 is 1.24 bits per heavy atom. The van der Waals surface area contributed by atoms with Gasteiger partial charge in [-0.25, -0.2) is 9.97 Å². The monoisotopic (exact) mass is 351 g/mol. The minimum absolute atomic E-state index is 0.0997. The summed E-state index contributed by atoms with van der Waals surface area (Å²) in [6, 6.07) is 13.0. The fourth-order valence-electron chi connectivity index (χ4n) is 2.42. The molecule has 1 amide bonds. The van der Waals surface area contributed by atoms with Crippen molar-refractivity contribution in [3.63, 3.8) is 0 Å². The summed E-state index contributed by atoms with van der Waals surface area (Å²) in [6.07, 6.45) is 6.71. The Kier molecular flexibility index (Phi) is 5.12. The maximum absolute atomic E-state index is 11.4. The molecule has 6 heteroatoms. The van der Waals surface area contributed by atoms with E-state index < -0.39 is 0 Å². The lowest BCUT2D eigenvalue weighted by Gasteiger charge is -2.09. The van der Waals surface area contributed by atoms with Crippen LogP contribution in [0.1, 0.15) is 0 Å². The number of terminal acetylenes is 1. The molecule has 0 aliphatic carbocycles. The van der Waals surface area contributed by atoms with E-state index in [2.05, 4.69) is 21.2 Å². The van der Waals surface area contributed by atoms with Crippen LogP contribution in [0.3, 0.4) is 0 Å². The third-order valence-electron chi connectivity index (χ3n) is 3.47. The summed E-state index contributed by atoms with van der Waals surface area (Å²) in [4.78, 5) is 20.1. The van der Waals surface area contributed by atoms with Crippen LogP contribution in [-0.2, 0) is 4.79 Å². The lowest BCUT2D eigenvalue weighted by molar-refractivity contribution is -0.113. The number of fused-ring (bicyclic) bond motifs is 1. The number of hydrogen-bond acceptors (Lipinski definition) is 4. The highest BCUT2D eigenvalue weighted by molar-refractivity contribution is 6.29. The Hall–Kier alpha value is -3.10. The van der Waals surface area contributed by atoms with Gasteiger partial charge in [0, 0.05) is 16.6 Å². The van der Waals surface area contributed by atoms with Crippen molar-refractivity contribution in [2.24, 2.45) is 0 Å². The van der Waals surface area contributed by atoms with Crippen LogP contribution in [-0.4, -0.2) is 28.4 Å². The summed E-state index contributed by atoms with van der Waals surface area (Å²) < 4.78 is 5.47. The largest absolute Gasteiger partial charge is 0.481 e. The van der Waals surface area contributed by atoms with Gasteiger partial charge in [-0.2, -0.15) is 0 Å². The highest BCUT2D eigenvalue weighted by atomic mass is 35.5. The molecule has 3 aromatic rings. The predicted molar refractivity (Wildman–Crippen MR) is 98.7 cm³/mol. The first-order valence-corrected chi connectivity index (χ1v) is 8.02. The first-order valence-electron chi connectivity index (χ1n) is 7.48. The molecule has 1 aromatic heterocycles. The van der Waals surface area contributed by atoms with E-state index in [1.165, 1.54) is 6.33 Å². The van der Waals surface area contributed by atoms with E-state index in [0.29, 0.717) is 17.0 Å². The number of carbonyl (C=O) groups is 1. The zero-order valence-corrected chi connectivity index (χ0v) is 14.0. The normalized spacial score (nSPS) is 10.2. The Bertz CT molecular complexity index is 966. The Labute approximate surface area is 150 Å². The number of rotatable bonds is 5. The van der Waals surface area contributed by atoms with Crippen molar-refractivity contribution in [1.29, 1.82) is 0 Å². The van der Waals surface area contributed by atoms with Crippen molar-refractivity contribution < 1.29 is 9.53 Å². The lowest BCUT2D eigenvalue weighted by Crippen LogP contribution is -2.12. The van der Waals surface area contributed by atoms with Crippen LogP contribution in [0.4, 0.5) is 5.69 Å². The maximum Gasteiger partial charge on any atom is 0.239 e. The van der Waals surface area contributed by atoms with Crippen molar-refractivity contribution in [2.75, 3.05) is 17.8 Å². The van der Waals surface area contributed by atoms with E-state index in [1.807, 2.05) is 30.3 Å². The van der Waals surface area contributed by atoms with Gasteiger partial charge in [0.25, 0.3) is 0 Å². The molecule has 25 heavy (non-hydrogen) atoms. The molecule has 0 aliphatic heterocycles. The zero-order chi connectivity index (χ0) is 17.6. The number of amides is 1. The van der Waals surface area contributed by atoms with Crippen LogP contribution < -0.4 is 10.1 Å². The number of aromatic nitrogens is 2. The molecule has 0 saturated carbocycles. The molecule has 1 N–H and O–H groups in total. The van der Waals surface area contributed by atoms with Gasteiger partial charge in [-0.3, -0.25) is 4.79 Å². The first-order chi connectivity index (χ1) is 12.2. The number of halogens is 1. The van der Waals surface area contributed by atoms with E-state index in [9.17, 15) is 4.79 Å². The van der Waals surface area contributed by atoms with Gasteiger partial charge in [0.05, 0.1) is 11.2 Å². The average Bonchev–Trinajstić information content (AvgIpc) is 2.65. The van der Waals surface area contributed by atoms with Crippen molar-refractivity contribution in [3.8, 4) is 29.4 Å². The van der Waals surface area contributed by atoms with E-state index in [-0.39, 0.29) is 18.4 Å². The van der Waals surface area contributed by atoms with Crippen LogP contribution in [0.5, 0.6) is 5.75 Å². The summed E-state index contributed by atoms with van der Waals surface area (Å²) in [7, 11) is 0. The summed E-state index contributed by atoms with van der Waals surface area (Å²) in [5, 5.41) is 3.57. The molecule has 2 aromatic carbocycles. The molecule has 0 aliphatic rings. The molecule has 124 valence electrons. The number of nitrogens with zero attached hydrogens (tertiary/aromatic N) is 2. The van der Waals surface area contributed by atoms with Gasteiger partial charge in [0.2, 0.25) is 5.91 Å². The number of anilines is 1. The molecule has 0 spiro atoms. The predicted octanol–water partition coefficient (Wildman–Crippen LogP) is 3.49. The number of alkyl halides is 1. The molecule has 0 unspecified atom stereocenters. The average molecular weight is 352 g/mol. The number of hydrogen-bond donors (Lipinski definition) is 1. The summed E-state index contributed by atoms with van der Waals surface area (Å²) in [5.74, 6) is 2.74. The molecular weight excluding hydrogens is 338 g/mol. The summed E-state index contributed by atoms with van der Waals surface area (Å²) in [5.41, 5.74) is 3.01. The Morgan fingerprint density at radius 3 is 2.92 bits per heavy atom. The van der Waals surface area contributed by atoms with Crippen molar-refractivity contribution >= 4 is 34.1 Å². The third-order valence-corrected chi connectivity index (χ3v) is 3.71. The van der Waals surface area contributed by atoms with E-state index in [4.69, 9.17) is 22.8 Å². The van der Waals surface area contributed by atoms with E-state index >= 15 is 0 Å². The van der Waals surface area contributed by atoms with Crippen molar-refractivity contribution in [1.82, 2.24) is 9.97 Å². The van der Waals surface area contributed by atoms with Gasteiger partial charge in [-0.15, -0.1) is 18.0 Å². The van der Waals surface area contributed by atoms with Crippen LogP contribution >= 0.6 is 11.6 Å². The fourth-order valence-corrected chi connectivity index (χ4v) is 2.48. The number of ether oxygens (including phenoxy) is 1. The molecule has 1 heterocycles. The molecule has 0 atom stereocenters. The molecule has 0 radical (unpaired) electrons. The van der Waals surface area contributed by atoms with Gasteiger partial charge in [-0.1, -0.05) is 18.1 Å². The van der Waals surface area contributed by atoms with Crippen LogP contribution in [0, 0.1) is 12.3 Å². The molecular formula is C19H14ClN3O2. The Morgan fingerprint density at radius 2 is 2.12 bits per heavy atom. The molecule has 3 rings (SSSR count). The van der Waals surface area contributed by atoms with Crippen LogP contribution in [0.15, 0.2) is 48.8 Å². The summed E-state index contributed by atoms with van der Waals surface area (Å²) >= 11 is 5.51. The van der Waals surface area contributed by atoms with Gasteiger partial charge in [0.1, 0.15) is 24.6 Å². The molecule has 5 nitrogen and oxygen atoms in total. The molecule has 0 saturated heterocycles. The van der Waals surface area contributed by atoms with Crippen molar-refractivity contribution in [2.45, 2.75) is 0 Å². The highest BCUT2D eigenvalue weighted by Gasteiger charge is 2.09.